The van der Waals surface area contributed by atoms with Crippen LogP contribution in [-0.2, 0) is 23.0 Å². The molecule has 0 saturated carbocycles. The van der Waals surface area contributed by atoms with Gasteiger partial charge in [-0.15, -0.1) is 0 Å². The molecule has 0 fully saturated rings. The fourth-order valence-corrected chi connectivity index (χ4v) is 4.48. The van der Waals surface area contributed by atoms with Gasteiger partial charge >= 0.3 is 10.1 Å². The van der Waals surface area contributed by atoms with Gasteiger partial charge in [0.25, 0.3) is 0 Å². The molecule has 0 N–H and O–H groups in total. The van der Waals surface area contributed by atoms with Crippen molar-refractivity contribution < 1.29 is 21.4 Å². The van der Waals surface area contributed by atoms with Gasteiger partial charge in [0, 0.05) is 18.1 Å². The molecular formula is C20H13ClF2O3S. The summed E-state index contributed by atoms with van der Waals surface area (Å²) in [4.78, 5) is -0.803. The molecule has 1 aliphatic rings. The maximum absolute atomic E-state index is 14.0. The molecule has 0 saturated heterocycles. The summed E-state index contributed by atoms with van der Waals surface area (Å²) < 4.78 is 57.7. The van der Waals surface area contributed by atoms with Crippen LogP contribution in [0.5, 0.6) is 5.75 Å². The van der Waals surface area contributed by atoms with Gasteiger partial charge in [0.05, 0.1) is 5.02 Å². The van der Waals surface area contributed by atoms with Crippen molar-refractivity contribution in [3.05, 3.63) is 93.5 Å². The van der Waals surface area contributed by atoms with E-state index in [-0.39, 0.29) is 5.75 Å². The summed E-state index contributed by atoms with van der Waals surface area (Å²) in [5, 5.41) is -0.498. The highest BCUT2D eigenvalue weighted by atomic mass is 35.5. The molecule has 138 valence electrons. The van der Waals surface area contributed by atoms with E-state index in [2.05, 4.69) is 0 Å². The first-order chi connectivity index (χ1) is 12.8. The van der Waals surface area contributed by atoms with Crippen molar-refractivity contribution >= 4 is 21.7 Å². The predicted molar refractivity (Wildman–Crippen MR) is 97.7 cm³/mol. The van der Waals surface area contributed by atoms with E-state index in [0.717, 1.165) is 16.7 Å². The first-order valence-corrected chi connectivity index (χ1v) is 9.90. The average Bonchev–Trinajstić information content (AvgIpc) is 2.63. The van der Waals surface area contributed by atoms with Crippen molar-refractivity contribution in [3.8, 4) is 5.75 Å². The summed E-state index contributed by atoms with van der Waals surface area (Å²) in [6.07, 6.45) is 1.16. The van der Waals surface area contributed by atoms with Gasteiger partial charge in [-0.2, -0.15) is 8.42 Å². The highest BCUT2D eigenvalue weighted by Gasteiger charge is 2.26. The summed E-state index contributed by atoms with van der Waals surface area (Å²) in [6.45, 7) is 0. The lowest BCUT2D eigenvalue weighted by atomic mass is 9.86. The Kier molecular flexibility index (Phi) is 4.40. The average molecular weight is 407 g/mol. The minimum absolute atomic E-state index is 0.127. The Balaban J connectivity index is 1.74. The topological polar surface area (TPSA) is 43.4 Å². The molecule has 27 heavy (non-hydrogen) atoms. The maximum atomic E-state index is 14.0. The molecular weight excluding hydrogens is 394 g/mol. The first-order valence-electron chi connectivity index (χ1n) is 8.12. The van der Waals surface area contributed by atoms with Gasteiger partial charge in [0.2, 0.25) is 0 Å². The molecule has 3 aromatic carbocycles. The molecule has 0 unspecified atom stereocenters. The SMILES string of the molecule is O=S(=O)(Oc1cccc2c1Cc1ccccc1C2)c1cc(Cl)c(F)cc1F. The van der Waals surface area contributed by atoms with Crippen LogP contribution in [0.1, 0.15) is 22.3 Å². The van der Waals surface area contributed by atoms with Crippen molar-refractivity contribution in [1.29, 1.82) is 0 Å². The normalized spacial score (nSPS) is 13.0. The number of hydrogen-bond donors (Lipinski definition) is 0. The smallest absolute Gasteiger partial charge is 0.342 e. The van der Waals surface area contributed by atoms with Gasteiger partial charge in [0.15, 0.2) is 0 Å². The molecule has 0 amide bonds. The van der Waals surface area contributed by atoms with Crippen LogP contribution in [0, 0.1) is 11.6 Å². The Morgan fingerprint density at radius 2 is 1.52 bits per heavy atom. The highest BCUT2D eigenvalue weighted by Crippen LogP contribution is 2.35. The van der Waals surface area contributed by atoms with E-state index >= 15 is 0 Å². The Morgan fingerprint density at radius 3 is 2.26 bits per heavy atom. The van der Waals surface area contributed by atoms with E-state index < -0.39 is 31.7 Å². The monoisotopic (exact) mass is 406 g/mol. The Labute approximate surface area is 160 Å². The lowest BCUT2D eigenvalue weighted by Gasteiger charge is -2.22. The molecule has 0 aliphatic heterocycles. The third-order valence-corrected chi connectivity index (χ3v) is 6.08. The second kappa shape index (κ2) is 6.62. The number of halogens is 3. The molecule has 0 aromatic heterocycles. The van der Waals surface area contributed by atoms with Gasteiger partial charge in [-0.25, -0.2) is 8.78 Å². The molecule has 0 spiro atoms. The molecule has 0 heterocycles. The van der Waals surface area contributed by atoms with Crippen molar-refractivity contribution in [2.75, 3.05) is 0 Å². The third kappa shape index (κ3) is 3.31. The van der Waals surface area contributed by atoms with Crippen molar-refractivity contribution in [3.63, 3.8) is 0 Å². The fourth-order valence-electron chi connectivity index (χ4n) is 3.21. The van der Waals surface area contributed by atoms with Crippen molar-refractivity contribution in [1.82, 2.24) is 0 Å². The van der Waals surface area contributed by atoms with E-state index in [0.29, 0.717) is 25.0 Å². The summed E-state index contributed by atoms with van der Waals surface area (Å²) in [6, 6.07) is 14.1. The molecule has 0 bridgehead atoms. The van der Waals surface area contributed by atoms with Gasteiger partial charge in [0.1, 0.15) is 22.3 Å². The highest BCUT2D eigenvalue weighted by molar-refractivity contribution is 7.87. The van der Waals surface area contributed by atoms with Crippen LogP contribution in [0.2, 0.25) is 5.02 Å². The minimum Gasteiger partial charge on any atom is -0.379 e. The molecule has 1 aliphatic carbocycles. The maximum Gasteiger partial charge on any atom is 0.342 e. The van der Waals surface area contributed by atoms with Crippen molar-refractivity contribution in [2.24, 2.45) is 0 Å². The molecule has 3 aromatic rings. The van der Waals surface area contributed by atoms with E-state index in [1.54, 1.807) is 6.07 Å². The Bertz CT molecular complexity index is 1160. The first kappa shape index (κ1) is 17.9. The second-order valence-electron chi connectivity index (χ2n) is 6.25. The van der Waals surface area contributed by atoms with Crippen LogP contribution in [0.25, 0.3) is 0 Å². The van der Waals surface area contributed by atoms with Crippen LogP contribution in [0.3, 0.4) is 0 Å². The number of rotatable bonds is 3. The fraction of sp³-hybridized carbons (Fsp3) is 0.100. The molecule has 0 atom stereocenters. The number of benzene rings is 3. The van der Waals surface area contributed by atoms with Gasteiger partial charge < -0.3 is 4.18 Å². The zero-order chi connectivity index (χ0) is 19.2. The predicted octanol–water partition coefficient (Wildman–Crippen LogP) is 4.88. The lowest BCUT2D eigenvalue weighted by molar-refractivity contribution is 0.471. The van der Waals surface area contributed by atoms with E-state index in [9.17, 15) is 17.2 Å². The van der Waals surface area contributed by atoms with Crippen LogP contribution in [0.4, 0.5) is 8.78 Å². The summed E-state index contributed by atoms with van der Waals surface area (Å²) >= 11 is 5.60. The summed E-state index contributed by atoms with van der Waals surface area (Å²) in [5.41, 5.74) is 3.92. The molecule has 0 radical (unpaired) electrons. The lowest BCUT2D eigenvalue weighted by Crippen LogP contribution is -2.15. The van der Waals surface area contributed by atoms with E-state index in [1.165, 1.54) is 11.6 Å². The van der Waals surface area contributed by atoms with Crippen LogP contribution in [-0.4, -0.2) is 8.42 Å². The largest absolute Gasteiger partial charge is 0.379 e. The Hall–Kier alpha value is -2.44. The Morgan fingerprint density at radius 1 is 0.852 bits per heavy atom. The summed E-state index contributed by atoms with van der Waals surface area (Å²) in [5.74, 6) is -2.17. The van der Waals surface area contributed by atoms with E-state index in [1.807, 2.05) is 30.3 Å². The molecule has 7 heteroatoms. The van der Waals surface area contributed by atoms with Gasteiger partial charge in [-0.1, -0.05) is 48.0 Å². The molecule has 3 nitrogen and oxygen atoms in total. The van der Waals surface area contributed by atoms with Crippen molar-refractivity contribution in [2.45, 2.75) is 17.7 Å². The van der Waals surface area contributed by atoms with Crippen LogP contribution >= 0.6 is 11.6 Å². The second-order valence-corrected chi connectivity index (χ2v) is 8.17. The quantitative estimate of drug-likeness (QED) is 0.359. The summed E-state index contributed by atoms with van der Waals surface area (Å²) in [7, 11) is -4.52. The van der Waals surface area contributed by atoms with Crippen LogP contribution < -0.4 is 4.18 Å². The molecule has 4 rings (SSSR count). The van der Waals surface area contributed by atoms with Gasteiger partial charge in [-0.3, -0.25) is 0 Å². The minimum atomic E-state index is -4.52. The standard InChI is InChI=1S/C20H13ClF2O3S/c21-16-10-20(18(23)11-17(16)22)27(24,25)26-19-7-3-6-14-8-12-4-1-2-5-13(12)9-15(14)19/h1-7,10-11H,8-9H2. The van der Waals surface area contributed by atoms with E-state index in [4.69, 9.17) is 15.8 Å². The van der Waals surface area contributed by atoms with Gasteiger partial charge in [-0.05, 0) is 35.2 Å². The van der Waals surface area contributed by atoms with Crippen LogP contribution in [0.15, 0.2) is 59.5 Å². The number of hydrogen-bond acceptors (Lipinski definition) is 3. The number of fused-ring (bicyclic) bond motifs is 2. The third-order valence-electron chi connectivity index (χ3n) is 4.54. The zero-order valence-electron chi connectivity index (χ0n) is 13.9. The zero-order valence-corrected chi connectivity index (χ0v) is 15.4.